The molecule has 0 aromatic carbocycles. The van der Waals surface area contributed by atoms with E-state index >= 15 is 0 Å². The van der Waals surface area contributed by atoms with Gasteiger partial charge in [-0.25, -0.2) is 0 Å². The quantitative estimate of drug-likeness (QED) is 0.797. The second kappa shape index (κ2) is 5.84. The van der Waals surface area contributed by atoms with E-state index in [0.29, 0.717) is 12.5 Å². The third-order valence-electron chi connectivity index (χ3n) is 1.45. The molecule has 0 saturated carbocycles. The summed E-state index contributed by atoms with van der Waals surface area (Å²) in [4.78, 5) is 11.7. The largest absolute Gasteiger partial charge is 0.463 e. The van der Waals surface area contributed by atoms with E-state index in [1.807, 2.05) is 27.7 Å². The topological polar surface area (TPSA) is 57.1 Å². The van der Waals surface area contributed by atoms with E-state index in [1.165, 1.54) is 0 Å². The van der Waals surface area contributed by atoms with E-state index in [1.54, 1.807) is 0 Å². The van der Waals surface area contributed by atoms with Crippen molar-refractivity contribution < 1.29 is 9.47 Å². The molecule has 0 radical (unpaired) electrons. The van der Waals surface area contributed by atoms with Crippen LogP contribution in [0.15, 0.2) is 0 Å². The van der Waals surface area contributed by atoms with Crippen molar-refractivity contribution in [2.24, 2.45) is 5.92 Å². The minimum absolute atomic E-state index is 0.0172. The van der Waals surface area contributed by atoms with Crippen LogP contribution >= 0.6 is 11.6 Å². The third-order valence-corrected chi connectivity index (χ3v) is 1.62. The van der Waals surface area contributed by atoms with Crippen LogP contribution < -0.4 is 9.47 Å². The summed E-state index contributed by atoms with van der Waals surface area (Å²) >= 11 is 5.73. The van der Waals surface area contributed by atoms with Gasteiger partial charge in [-0.3, -0.25) is 0 Å². The van der Waals surface area contributed by atoms with Crippen LogP contribution in [0, 0.1) is 5.92 Å². The van der Waals surface area contributed by atoms with Gasteiger partial charge in [-0.2, -0.15) is 9.97 Å². The van der Waals surface area contributed by atoms with Gasteiger partial charge in [-0.15, -0.1) is 4.98 Å². The lowest BCUT2D eigenvalue weighted by Crippen LogP contribution is -2.12. The zero-order valence-electron chi connectivity index (χ0n) is 9.90. The lowest BCUT2D eigenvalue weighted by atomic mass is 10.2. The molecule has 0 saturated heterocycles. The van der Waals surface area contributed by atoms with Crippen molar-refractivity contribution in [3.05, 3.63) is 5.28 Å². The molecule has 90 valence electrons. The van der Waals surface area contributed by atoms with Gasteiger partial charge in [0.15, 0.2) is 0 Å². The van der Waals surface area contributed by atoms with Gasteiger partial charge in [0.05, 0.1) is 12.7 Å². The van der Waals surface area contributed by atoms with Crippen molar-refractivity contribution in [1.82, 2.24) is 15.0 Å². The second-order valence-electron chi connectivity index (χ2n) is 4.04. The molecular formula is C10H16ClN3O2. The Morgan fingerprint density at radius 3 is 2.25 bits per heavy atom. The zero-order chi connectivity index (χ0) is 12.1. The van der Waals surface area contributed by atoms with Crippen LogP contribution in [0.1, 0.15) is 27.7 Å². The average Bonchev–Trinajstić information content (AvgIpc) is 2.12. The molecule has 0 spiro atoms. The number of aromatic nitrogens is 3. The van der Waals surface area contributed by atoms with Crippen LogP contribution in [0.2, 0.25) is 5.28 Å². The first kappa shape index (κ1) is 13.0. The SMILES string of the molecule is CC(C)COc1nc(Cl)nc(OC(C)C)n1. The predicted molar refractivity (Wildman–Crippen MR) is 60.9 cm³/mol. The highest BCUT2D eigenvalue weighted by Gasteiger charge is 2.09. The van der Waals surface area contributed by atoms with Crippen molar-refractivity contribution >= 4 is 11.6 Å². The molecule has 0 fully saturated rings. The van der Waals surface area contributed by atoms with Crippen LogP contribution in [0.4, 0.5) is 0 Å². The van der Waals surface area contributed by atoms with Crippen molar-refractivity contribution in [1.29, 1.82) is 0 Å². The fourth-order valence-electron chi connectivity index (χ4n) is 0.884. The normalized spacial score (nSPS) is 10.9. The van der Waals surface area contributed by atoms with E-state index in [2.05, 4.69) is 15.0 Å². The smallest absolute Gasteiger partial charge is 0.324 e. The van der Waals surface area contributed by atoms with Crippen molar-refractivity contribution in [2.75, 3.05) is 6.61 Å². The van der Waals surface area contributed by atoms with Gasteiger partial charge >= 0.3 is 12.0 Å². The van der Waals surface area contributed by atoms with Gasteiger partial charge < -0.3 is 9.47 Å². The zero-order valence-corrected chi connectivity index (χ0v) is 10.7. The molecule has 1 aromatic rings. The van der Waals surface area contributed by atoms with Crippen molar-refractivity contribution in [2.45, 2.75) is 33.8 Å². The van der Waals surface area contributed by atoms with Crippen LogP contribution in [-0.2, 0) is 0 Å². The van der Waals surface area contributed by atoms with Gasteiger partial charge in [0.1, 0.15) is 0 Å². The van der Waals surface area contributed by atoms with Crippen molar-refractivity contribution in [3.8, 4) is 12.0 Å². The highest BCUT2D eigenvalue weighted by Crippen LogP contribution is 2.14. The summed E-state index contributed by atoms with van der Waals surface area (Å²) in [6.45, 7) is 8.36. The van der Waals surface area contributed by atoms with Gasteiger partial charge in [0.25, 0.3) is 0 Å². The standard InChI is InChI=1S/C10H16ClN3O2/c1-6(2)5-15-9-12-8(11)13-10(14-9)16-7(3)4/h6-7H,5H2,1-4H3. The van der Waals surface area contributed by atoms with Gasteiger partial charge in [-0.1, -0.05) is 13.8 Å². The molecule has 0 amide bonds. The molecule has 0 unspecified atom stereocenters. The third kappa shape index (κ3) is 4.61. The van der Waals surface area contributed by atoms with Crippen molar-refractivity contribution in [3.63, 3.8) is 0 Å². The first-order valence-corrected chi connectivity index (χ1v) is 5.56. The van der Waals surface area contributed by atoms with Crippen LogP contribution in [0.25, 0.3) is 0 Å². The fraction of sp³-hybridized carbons (Fsp3) is 0.700. The first-order valence-electron chi connectivity index (χ1n) is 5.18. The highest BCUT2D eigenvalue weighted by molar-refractivity contribution is 6.28. The molecule has 0 aliphatic carbocycles. The molecule has 6 heteroatoms. The fourth-order valence-corrected chi connectivity index (χ4v) is 1.03. The monoisotopic (exact) mass is 245 g/mol. The van der Waals surface area contributed by atoms with Gasteiger partial charge in [0, 0.05) is 0 Å². The Morgan fingerprint density at radius 2 is 1.69 bits per heavy atom. The Kier molecular flexibility index (Phi) is 4.73. The minimum Gasteiger partial charge on any atom is -0.463 e. The summed E-state index contributed by atoms with van der Waals surface area (Å²) in [5.74, 6) is 0.394. The van der Waals surface area contributed by atoms with E-state index in [4.69, 9.17) is 21.1 Å². The highest BCUT2D eigenvalue weighted by atomic mass is 35.5. The lowest BCUT2D eigenvalue weighted by Gasteiger charge is -2.10. The molecular weight excluding hydrogens is 230 g/mol. The number of ether oxygens (including phenoxy) is 2. The molecule has 0 aliphatic heterocycles. The van der Waals surface area contributed by atoms with Crippen LogP contribution in [0.3, 0.4) is 0 Å². The van der Waals surface area contributed by atoms with E-state index in [0.717, 1.165) is 0 Å². The lowest BCUT2D eigenvalue weighted by molar-refractivity contribution is 0.207. The Hall–Kier alpha value is -1.10. The van der Waals surface area contributed by atoms with Crippen LogP contribution in [0.5, 0.6) is 12.0 Å². The summed E-state index contributed by atoms with van der Waals surface area (Å²) in [6.07, 6.45) is -0.0172. The Morgan fingerprint density at radius 1 is 1.06 bits per heavy atom. The minimum atomic E-state index is -0.0172. The van der Waals surface area contributed by atoms with Gasteiger partial charge in [0.2, 0.25) is 5.28 Å². The second-order valence-corrected chi connectivity index (χ2v) is 4.38. The molecule has 0 N–H and O–H groups in total. The molecule has 5 nitrogen and oxygen atoms in total. The maximum Gasteiger partial charge on any atom is 0.324 e. The predicted octanol–water partition coefficient (Wildman–Crippen LogP) is 2.35. The summed E-state index contributed by atoms with van der Waals surface area (Å²) in [7, 11) is 0. The first-order chi connectivity index (χ1) is 7.47. The summed E-state index contributed by atoms with van der Waals surface area (Å²) < 4.78 is 10.7. The molecule has 0 atom stereocenters. The number of hydrogen-bond donors (Lipinski definition) is 0. The van der Waals surface area contributed by atoms with Crippen LogP contribution in [-0.4, -0.2) is 27.7 Å². The average molecular weight is 246 g/mol. The Balaban J connectivity index is 2.73. The Bertz CT molecular complexity index is 345. The van der Waals surface area contributed by atoms with E-state index < -0.39 is 0 Å². The van der Waals surface area contributed by atoms with E-state index in [9.17, 15) is 0 Å². The number of halogens is 1. The maximum absolute atomic E-state index is 5.73. The molecule has 1 heterocycles. The number of nitrogens with zero attached hydrogens (tertiary/aromatic N) is 3. The number of rotatable bonds is 5. The molecule has 16 heavy (non-hydrogen) atoms. The van der Waals surface area contributed by atoms with Gasteiger partial charge in [-0.05, 0) is 31.4 Å². The molecule has 0 aliphatic rings. The summed E-state index contributed by atoms with van der Waals surface area (Å²) in [5.41, 5.74) is 0. The molecule has 1 rings (SSSR count). The van der Waals surface area contributed by atoms with E-state index in [-0.39, 0.29) is 23.4 Å². The summed E-state index contributed by atoms with van der Waals surface area (Å²) in [5, 5.41) is 0.0735. The molecule has 0 bridgehead atoms. The maximum atomic E-state index is 5.73. The summed E-state index contributed by atoms with van der Waals surface area (Å²) in [6, 6.07) is 0.387. The Labute approximate surface area is 100 Å². The molecule has 1 aromatic heterocycles. The number of hydrogen-bond acceptors (Lipinski definition) is 5.